The van der Waals surface area contributed by atoms with Gasteiger partial charge in [-0.15, -0.1) is 0 Å². The summed E-state index contributed by atoms with van der Waals surface area (Å²) in [7, 11) is 0. The Labute approximate surface area is 193 Å². The summed E-state index contributed by atoms with van der Waals surface area (Å²) in [4.78, 5) is 26.1. The number of benzene rings is 3. The number of anilines is 1. The van der Waals surface area contributed by atoms with E-state index in [0.29, 0.717) is 38.8 Å². The smallest absolute Gasteiger partial charge is 0.230 e. The first kappa shape index (κ1) is 21.6. The molecule has 0 amide bonds. The van der Waals surface area contributed by atoms with Gasteiger partial charge in [-0.1, -0.05) is 24.3 Å². The summed E-state index contributed by atoms with van der Waals surface area (Å²) in [6.45, 7) is 3.10. The van der Waals surface area contributed by atoms with Gasteiger partial charge in [-0.05, 0) is 55.8 Å². The molecule has 0 spiro atoms. The lowest BCUT2D eigenvalue weighted by molar-refractivity contribution is 0.0977. The molecule has 0 bridgehead atoms. The second kappa shape index (κ2) is 8.26. The molecule has 2 heterocycles. The minimum Gasteiger partial charge on any atom is -0.453 e. The zero-order valence-electron chi connectivity index (χ0n) is 18.4. The zero-order chi connectivity index (χ0) is 24.0. The number of furan rings is 2. The summed E-state index contributed by atoms with van der Waals surface area (Å²) in [5.41, 5.74) is 2.27. The Balaban J connectivity index is 1.49. The summed E-state index contributed by atoms with van der Waals surface area (Å²) < 4.78 is 39.1. The molecule has 0 unspecified atom stereocenters. The van der Waals surface area contributed by atoms with E-state index in [4.69, 9.17) is 8.83 Å². The molecule has 0 radical (unpaired) electrons. The van der Waals surface area contributed by atoms with E-state index in [0.717, 1.165) is 6.07 Å². The molecule has 0 atom stereocenters. The maximum absolute atomic E-state index is 14.1. The lowest BCUT2D eigenvalue weighted by Crippen LogP contribution is -2.16. The largest absolute Gasteiger partial charge is 0.453 e. The molecule has 34 heavy (non-hydrogen) atoms. The van der Waals surface area contributed by atoms with Crippen molar-refractivity contribution in [3.8, 4) is 0 Å². The maximum Gasteiger partial charge on any atom is 0.230 e. The van der Waals surface area contributed by atoms with Crippen molar-refractivity contribution >= 4 is 39.2 Å². The van der Waals surface area contributed by atoms with E-state index in [1.54, 1.807) is 38.1 Å². The Kier molecular flexibility index (Phi) is 5.24. The van der Waals surface area contributed by atoms with Crippen LogP contribution in [0.3, 0.4) is 0 Å². The molecule has 7 heteroatoms. The summed E-state index contributed by atoms with van der Waals surface area (Å²) in [6.07, 6.45) is 0. The van der Waals surface area contributed by atoms with Crippen LogP contribution in [0, 0.1) is 25.5 Å². The van der Waals surface area contributed by atoms with Gasteiger partial charge in [0.1, 0.15) is 22.8 Å². The number of carbonyl (C=O) groups excluding carboxylic acids is 2. The number of ketones is 2. The maximum atomic E-state index is 14.1. The Morgan fingerprint density at radius 3 is 2.38 bits per heavy atom. The third-order valence-corrected chi connectivity index (χ3v) is 5.81. The SMILES string of the molecule is Cc1ccc(C(=O)c2oc3ccccc3c2NCC(=O)c2oc3ccc(F)cc3c2C)cc1F. The van der Waals surface area contributed by atoms with Crippen LogP contribution in [-0.2, 0) is 0 Å². The van der Waals surface area contributed by atoms with Gasteiger partial charge in [0.05, 0.1) is 12.2 Å². The summed E-state index contributed by atoms with van der Waals surface area (Å²) in [5.74, 6) is -1.73. The first-order valence-corrected chi connectivity index (χ1v) is 10.6. The number of rotatable bonds is 6. The number of hydrogen-bond acceptors (Lipinski definition) is 5. The Bertz CT molecular complexity index is 1600. The van der Waals surface area contributed by atoms with Crippen LogP contribution in [0.2, 0.25) is 0 Å². The second-order valence-corrected chi connectivity index (χ2v) is 8.07. The number of nitrogens with one attached hydrogen (secondary N) is 1. The molecule has 0 fully saturated rings. The fourth-order valence-electron chi connectivity index (χ4n) is 3.95. The van der Waals surface area contributed by atoms with E-state index in [9.17, 15) is 18.4 Å². The van der Waals surface area contributed by atoms with Crippen LogP contribution >= 0.6 is 0 Å². The van der Waals surface area contributed by atoms with Gasteiger partial charge in [0.25, 0.3) is 0 Å². The van der Waals surface area contributed by atoms with Crippen molar-refractivity contribution in [3.05, 3.63) is 101 Å². The van der Waals surface area contributed by atoms with E-state index in [1.165, 1.54) is 30.3 Å². The van der Waals surface area contributed by atoms with Crippen LogP contribution in [0.15, 0.2) is 69.5 Å². The molecule has 0 saturated heterocycles. The first-order valence-electron chi connectivity index (χ1n) is 10.6. The molecule has 0 saturated carbocycles. The molecule has 5 aromatic rings. The second-order valence-electron chi connectivity index (χ2n) is 8.07. The van der Waals surface area contributed by atoms with Gasteiger partial charge in [0, 0.05) is 21.9 Å². The Morgan fingerprint density at radius 1 is 0.853 bits per heavy atom. The minimum absolute atomic E-state index is 0.0272. The number of halogens is 2. The molecule has 2 aromatic heterocycles. The number of para-hydroxylation sites is 1. The molecule has 0 aliphatic heterocycles. The average Bonchev–Trinajstić information content (AvgIpc) is 3.36. The molecule has 5 rings (SSSR count). The zero-order valence-corrected chi connectivity index (χ0v) is 18.4. The predicted octanol–water partition coefficient (Wildman–Crippen LogP) is 6.60. The molecular formula is C27H19F2NO4. The van der Waals surface area contributed by atoms with Gasteiger partial charge in [-0.25, -0.2) is 8.78 Å². The highest BCUT2D eigenvalue weighted by molar-refractivity contribution is 6.15. The lowest BCUT2D eigenvalue weighted by Gasteiger charge is -2.07. The first-order chi connectivity index (χ1) is 16.3. The monoisotopic (exact) mass is 459 g/mol. The van der Waals surface area contributed by atoms with Crippen LogP contribution in [0.25, 0.3) is 21.9 Å². The van der Waals surface area contributed by atoms with Crippen molar-refractivity contribution in [1.29, 1.82) is 0 Å². The van der Waals surface area contributed by atoms with Crippen LogP contribution in [0.1, 0.15) is 37.8 Å². The summed E-state index contributed by atoms with van der Waals surface area (Å²) in [6, 6.07) is 15.3. The van der Waals surface area contributed by atoms with Crippen molar-refractivity contribution in [2.45, 2.75) is 13.8 Å². The highest BCUT2D eigenvalue weighted by Gasteiger charge is 2.24. The van der Waals surface area contributed by atoms with Gasteiger partial charge in [0.2, 0.25) is 11.6 Å². The van der Waals surface area contributed by atoms with E-state index < -0.39 is 17.4 Å². The normalized spacial score (nSPS) is 11.3. The number of hydrogen-bond donors (Lipinski definition) is 1. The highest BCUT2D eigenvalue weighted by Crippen LogP contribution is 2.33. The van der Waals surface area contributed by atoms with Gasteiger partial charge < -0.3 is 14.2 Å². The van der Waals surface area contributed by atoms with E-state index in [2.05, 4.69) is 5.32 Å². The Hall–Kier alpha value is -4.26. The Morgan fingerprint density at radius 2 is 1.59 bits per heavy atom. The molecule has 3 aromatic carbocycles. The topological polar surface area (TPSA) is 72.5 Å². The highest BCUT2D eigenvalue weighted by atomic mass is 19.1. The fraction of sp³-hybridized carbons (Fsp3) is 0.111. The van der Waals surface area contributed by atoms with Crippen molar-refractivity contribution in [1.82, 2.24) is 0 Å². The van der Waals surface area contributed by atoms with Crippen LogP contribution in [0.4, 0.5) is 14.5 Å². The van der Waals surface area contributed by atoms with Crippen molar-refractivity contribution in [2.24, 2.45) is 0 Å². The van der Waals surface area contributed by atoms with E-state index >= 15 is 0 Å². The molecule has 0 aliphatic rings. The molecule has 5 nitrogen and oxygen atoms in total. The van der Waals surface area contributed by atoms with Crippen LogP contribution in [0.5, 0.6) is 0 Å². The fourth-order valence-corrected chi connectivity index (χ4v) is 3.95. The minimum atomic E-state index is -0.513. The van der Waals surface area contributed by atoms with Gasteiger partial charge in [0.15, 0.2) is 11.5 Å². The van der Waals surface area contributed by atoms with Crippen molar-refractivity contribution in [3.63, 3.8) is 0 Å². The quantitative estimate of drug-likeness (QED) is 0.290. The standard InChI is InChI=1S/C27H19F2NO4/c1-14-7-8-16(11-20(14)29)25(32)27-24(18-5-3-4-6-22(18)34-27)30-13-21(31)26-15(2)19-12-17(28)9-10-23(19)33-26/h3-12,30H,13H2,1-2H3. The summed E-state index contributed by atoms with van der Waals surface area (Å²) >= 11 is 0. The van der Waals surface area contributed by atoms with Crippen molar-refractivity contribution in [2.75, 3.05) is 11.9 Å². The summed E-state index contributed by atoms with van der Waals surface area (Å²) in [5, 5.41) is 4.13. The number of carbonyl (C=O) groups is 2. The third-order valence-electron chi connectivity index (χ3n) is 5.81. The lowest BCUT2D eigenvalue weighted by atomic mass is 10.0. The van der Waals surface area contributed by atoms with Gasteiger partial charge >= 0.3 is 0 Å². The molecule has 170 valence electrons. The third kappa shape index (κ3) is 3.65. The molecular weight excluding hydrogens is 440 g/mol. The van der Waals surface area contributed by atoms with Crippen molar-refractivity contribution < 1.29 is 27.2 Å². The van der Waals surface area contributed by atoms with E-state index in [1.807, 2.05) is 0 Å². The molecule has 0 aliphatic carbocycles. The number of fused-ring (bicyclic) bond motifs is 2. The molecule has 1 N–H and O–H groups in total. The van der Waals surface area contributed by atoms with Gasteiger partial charge in [-0.3, -0.25) is 9.59 Å². The van der Waals surface area contributed by atoms with Crippen LogP contribution < -0.4 is 5.32 Å². The van der Waals surface area contributed by atoms with Crippen LogP contribution in [-0.4, -0.2) is 18.1 Å². The predicted molar refractivity (Wildman–Crippen MR) is 125 cm³/mol. The van der Waals surface area contributed by atoms with Gasteiger partial charge in [-0.2, -0.15) is 0 Å². The van der Waals surface area contributed by atoms with E-state index in [-0.39, 0.29) is 29.4 Å². The average molecular weight is 459 g/mol. The number of aryl methyl sites for hydroxylation is 2. The number of Topliss-reactive ketones (excluding diaryl/α,β-unsaturated/α-hetero) is 1.